The highest BCUT2D eigenvalue weighted by molar-refractivity contribution is 6.53. The topological polar surface area (TPSA) is 57.1 Å². The van der Waals surface area contributed by atoms with Crippen LogP contribution in [0.25, 0.3) is 6.08 Å². The molecule has 0 atom stereocenters. The number of benzene rings is 2. The van der Waals surface area contributed by atoms with E-state index in [2.05, 4.69) is 32.6 Å². The number of rotatable bonds is 4. The molecule has 2 aromatic carbocycles. The molecule has 1 aliphatic heterocycles. The molecule has 1 N–H and O–H groups in total. The van der Waals surface area contributed by atoms with Crippen molar-refractivity contribution in [1.29, 1.82) is 0 Å². The average molecular weight is 318 g/mol. The van der Waals surface area contributed by atoms with Crippen LogP contribution in [0.5, 0.6) is 0 Å². The van der Waals surface area contributed by atoms with Crippen LogP contribution in [0.3, 0.4) is 0 Å². The number of anilines is 2. The first-order chi connectivity index (χ1) is 11.6. The van der Waals surface area contributed by atoms with Crippen LogP contribution in [0.4, 0.5) is 11.4 Å². The molecule has 0 saturated heterocycles. The van der Waals surface area contributed by atoms with Gasteiger partial charge in [0.05, 0.1) is 5.69 Å². The van der Waals surface area contributed by atoms with E-state index in [0.717, 1.165) is 22.5 Å². The molecule has 0 aliphatic carbocycles. The second-order valence-electron chi connectivity index (χ2n) is 5.56. The second-order valence-corrected chi connectivity index (χ2v) is 5.56. The fraction of sp³-hybridized carbons (Fsp3) is 0.105. The van der Waals surface area contributed by atoms with Gasteiger partial charge >= 0.3 is 0 Å². The zero-order valence-electron chi connectivity index (χ0n) is 13.6. The Morgan fingerprint density at radius 3 is 2.54 bits per heavy atom. The third-order valence-corrected chi connectivity index (χ3v) is 3.65. The Labute approximate surface area is 141 Å². The lowest BCUT2D eigenvalue weighted by molar-refractivity contribution is -0.110. The lowest BCUT2D eigenvalue weighted by atomic mass is 10.1. The van der Waals surface area contributed by atoms with E-state index >= 15 is 0 Å². The molecule has 2 aromatic rings. The highest BCUT2D eigenvalue weighted by Crippen LogP contribution is 2.22. The Bertz CT molecular complexity index is 833. The van der Waals surface area contributed by atoms with Crippen molar-refractivity contribution in [1.82, 2.24) is 0 Å². The molecule has 0 radical (unpaired) electrons. The molecule has 1 amide bonds. The number of para-hydroxylation sites is 1. The molecule has 1 aliphatic rings. The van der Waals surface area contributed by atoms with Gasteiger partial charge in [-0.2, -0.15) is 5.10 Å². The van der Waals surface area contributed by atoms with Crippen LogP contribution in [0.2, 0.25) is 0 Å². The smallest absolute Gasteiger partial charge is 0.276 e. The zero-order valence-corrected chi connectivity index (χ0v) is 13.6. The Balaban J connectivity index is 1.67. The van der Waals surface area contributed by atoms with E-state index < -0.39 is 0 Å². The maximum absolute atomic E-state index is 11.9. The summed E-state index contributed by atoms with van der Waals surface area (Å²) < 4.78 is 0. The monoisotopic (exact) mass is 318 g/mol. The molecule has 3 rings (SSSR count). The van der Waals surface area contributed by atoms with Crippen molar-refractivity contribution in [2.75, 3.05) is 24.3 Å². The van der Waals surface area contributed by atoms with Crippen LogP contribution in [0, 0.1) is 0 Å². The van der Waals surface area contributed by atoms with Gasteiger partial charge in [-0.05, 0) is 29.8 Å². The van der Waals surface area contributed by atoms with Gasteiger partial charge in [0.2, 0.25) is 0 Å². The summed E-state index contributed by atoms with van der Waals surface area (Å²) in [4.78, 5) is 13.9. The van der Waals surface area contributed by atoms with Crippen molar-refractivity contribution in [3.8, 4) is 0 Å². The molecular formula is C19H18N4O. The number of amides is 1. The minimum Gasteiger partial charge on any atom is -0.378 e. The van der Waals surface area contributed by atoms with Gasteiger partial charge in [-0.25, -0.2) is 0 Å². The fourth-order valence-corrected chi connectivity index (χ4v) is 2.37. The van der Waals surface area contributed by atoms with Gasteiger partial charge < -0.3 is 10.2 Å². The summed E-state index contributed by atoms with van der Waals surface area (Å²) in [6.07, 6.45) is 5.31. The number of fused-ring (bicyclic) bond motifs is 1. The second kappa shape index (κ2) is 6.91. The van der Waals surface area contributed by atoms with E-state index in [9.17, 15) is 4.79 Å². The van der Waals surface area contributed by atoms with Gasteiger partial charge in [0.15, 0.2) is 5.71 Å². The Morgan fingerprint density at radius 1 is 1.04 bits per heavy atom. The minimum atomic E-state index is -0.225. The third-order valence-electron chi connectivity index (χ3n) is 3.65. The van der Waals surface area contributed by atoms with Crippen molar-refractivity contribution < 1.29 is 4.79 Å². The van der Waals surface area contributed by atoms with Crippen molar-refractivity contribution in [2.24, 2.45) is 10.2 Å². The number of hydrogen-bond acceptors (Lipinski definition) is 4. The molecule has 0 fully saturated rings. The summed E-state index contributed by atoms with van der Waals surface area (Å²) in [6, 6.07) is 15.6. The zero-order chi connectivity index (χ0) is 16.9. The van der Waals surface area contributed by atoms with Crippen LogP contribution in [-0.4, -0.2) is 31.9 Å². The summed E-state index contributed by atoms with van der Waals surface area (Å²) >= 11 is 0. The molecule has 24 heavy (non-hydrogen) atoms. The van der Waals surface area contributed by atoms with E-state index in [1.165, 1.54) is 0 Å². The van der Waals surface area contributed by atoms with Gasteiger partial charge in [0.25, 0.3) is 5.91 Å². The number of nitrogens with one attached hydrogen (secondary N) is 1. The Kier molecular flexibility index (Phi) is 4.52. The molecule has 1 heterocycles. The van der Waals surface area contributed by atoms with E-state index in [0.29, 0.717) is 5.71 Å². The normalized spacial score (nSPS) is 15.2. The summed E-state index contributed by atoms with van der Waals surface area (Å²) in [5, 5.41) is 10.8. The SMILES string of the molecule is CN(C)c1ccc(C=CC=N/N=C2\C(=O)Nc3ccccc32)cc1. The maximum atomic E-state index is 11.9. The number of nitrogens with zero attached hydrogens (tertiary/aromatic N) is 3. The molecule has 0 spiro atoms. The largest absolute Gasteiger partial charge is 0.378 e. The highest BCUT2D eigenvalue weighted by atomic mass is 16.2. The standard InChI is InChI=1S/C19H18N4O/c1-23(2)15-11-9-14(10-12-15)6-5-13-20-22-18-16-7-3-4-8-17(16)21-19(18)24/h3-13H,1-2H3,(H,21,22,24). The molecule has 5 heteroatoms. The minimum absolute atomic E-state index is 0.225. The number of allylic oxidation sites excluding steroid dienone is 1. The first kappa shape index (κ1) is 15.7. The van der Waals surface area contributed by atoms with Gasteiger partial charge in [0, 0.05) is 31.6 Å². The molecule has 0 aromatic heterocycles. The van der Waals surface area contributed by atoms with Gasteiger partial charge in [-0.15, -0.1) is 5.10 Å². The predicted octanol–water partition coefficient (Wildman–Crippen LogP) is 3.19. The maximum Gasteiger partial charge on any atom is 0.276 e. The van der Waals surface area contributed by atoms with Crippen LogP contribution in [-0.2, 0) is 4.79 Å². The third kappa shape index (κ3) is 3.41. The Hall–Kier alpha value is -3.21. The van der Waals surface area contributed by atoms with E-state index in [1.807, 2.05) is 56.6 Å². The average Bonchev–Trinajstić information content (AvgIpc) is 2.90. The van der Waals surface area contributed by atoms with Crippen molar-refractivity contribution in [3.05, 3.63) is 65.7 Å². The Morgan fingerprint density at radius 2 is 1.79 bits per heavy atom. The molecule has 0 unspecified atom stereocenters. The molecule has 0 saturated carbocycles. The summed E-state index contributed by atoms with van der Waals surface area (Å²) in [5.41, 5.74) is 4.11. The number of hydrogen-bond donors (Lipinski definition) is 1. The number of carbonyl (C=O) groups excluding carboxylic acids is 1. The van der Waals surface area contributed by atoms with E-state index in [-0.39, 0.29) is 5.91 Å². The van der Waals surface area contributed by atoms with Crippen LogP contribution in [0.15, 0.2) is 64.8 Å². The number of carbonyl (C=O) groups is 1. The summed E-state index contributed by atoms with van der Waals surface area (Å²) in [7, 11) is 4.02. The van der Waals surface area contributed by atoms with Gasteiger partial charge in [-0.3, -0.25) is 4.79 Å². The molecule has 5 nitrogen and oxygen atoms in total. The van der Waals surface area contributed by atoms with Crippen molar-refractivity contribution in [2.45, 2.75) is 0 Å². The quantitative estimate of drug-likeness (QED) is 0.695. The van der Waals surface area contributed by atoms with E-state index in [1.54, 1.807) is 12.3 Å². The first-order valence-corrected chi connectivity index (χ1v) is 7.61. The fourth-order valence-electron chi connectivity index (χ4n) is 2.37. The predicted molar refractivity (Wildman–Crippen MR) is 99.9 cm³/mol. The first-order valence-electron chi connectivity index (χ1n) is 7.61. The lowest BCUT2D eigenvalue weighted by Gasteiger charge is -2.11. The summed E-state index contributed by atoms with van der Waals surface area (Å²) in [6.45, 7) is 0. The van der Waals surface area contributed by atoms with Gasteiger partial charge in [0.1, 0.15) is 0 Å². The van der Waals surface area contributed by atoms with Crippen molar-refractivity contribution >= 4 is 35.3 Å². The molecule has 120 valence electrons. The van der Waals surface area contributed by atoms with Gasteiger partial charge in [-0.1, -0.05) is 36.4 Å². The highest BCUT2D eigenvalue weighted by Gasteiger charge is 2.25. The molecular weight excluding hydrogens is 300 g/mol. The lowest BCUT2D eigenvalue weighted by Crippen LogP contribution is -2.13. The molecule has 0 bridgehead atoms. The van der Waals surface area contributed by atoms with Crippen molar-refractivity contribution in [3.63, 3.8) is 0 Å². The van der Waals surface area contributed by atoms with Crippen LogP contribution >= 0.6 is 0 Å². The van der Waals surface area contributed by atoms with Crippen LogP contribution in [0.1, 0.15) is 11.1 Å². The van der Waals surface area contributed by atoms with E-state index in [4.69, 9.17) is 0 Å². The summed E-state index contributed by atoms with van der Waals surface area (Å²) in [5.74, 6) is -0.225. The van der Waals surface area contributed by atoms with Crippen LogP contribution < -0.4 is 10.2 Å².